The molecule has 1 rings (SSSR count). The number of guanidine groups is 1. The van der Waals surface area contributed by atoms with E-state index in [1.807, 2.05) is 44.3 Å². The van der Waals surface area contributed by atoms with Crippen molar-refractivity contribution in [3.63, 3.8) is 0 Å². The summed E-state index contributed by atoms with van der Waals surface area (Å²) in [6.07, 6.45) is 3.95. The summed E-state index contributed by atoms with van der Waals surface area (Å²) < 4.78 is 25.5. The molecule has 0 atom stereocenters. The minimum atomic E-state index is -3.24. The molecular weight excluding hydrogens is 336 g/mol. The first kappa shape index (κ1) is 21.2. The van der Waals surface area contributed by atoms with Gasteiger partial charge in [-0.15, -0.1) is 6.58 Å². The third-order valence-corrected chi connectivity index (χ3v) is 5.04. The van der Waals surface area contributed by atoms with Crippen LogP contribution in [0.25, 0.3) is 0 Å². The lowest BCUT2D eigenvalue weighted by Gasteiger charge is -2.21. The summed E-state index contributed by atoms with van der Waals surface area (Å²) in [6, 6.07) is 7.51. The van der Waals surface area contributed by atoms with Crippen molar-refractivity contribution in [2.75, 3.05) is 27.2 Å². The number of allylic oxidation sites excluding steroid dienone is 1. The highest BCUT2D eigenvalue weighted by Gasteiger charge is 2.08. The van der Waals surface area contributed by atoms with Crippen LogP contribution in [0, 0.1) is 0 Å². The SMILES string of the molecule is C=CCCCN(C)C(=NCc1ccc(CS(=O)(=O)NC)cc1)NCC. The first-order valence-electron chi connectivity index (χ1n) is 8.51. The first-order valence-corrected chi connectivity index (χ1v) is 10.2. The van der Waals surface area contributed by atoms with Gasteiger partial charge >= 0.3 is 0 Å². The van der Waals surface area contributed by atoms with Gasteiger partial charge < -0.3 is 10.2 Å². The van der Waals surface area contributed by atoms with Gasteiger partial charge in [0.1, 0.15) is 0 Å². The molecule has 0 aliphatic heterocycles. The number of nitrogens with zero attached hydrogens (tertiary/aromatic N) is 2. The van der Waals surface area contributed by atoms with Crippen LogP contribution in [0.5, 0.6) is 0 Å². The number of sulfonamides is 1. The van der Waals surface area contributed by atoms with Crippen LogP contribution in [-0.4, -0.2) is 46.5 Å². The highest BCUT2D eigenvalue weighted by molar-refractivity contribution is 7.88. The van der Waals surface area contributed by atoms with Gasteiger partial charge in [0.25, 0.3) is 0 Å². The molecule has 140 valence electrons. The Bertz CT molecular complexity index is 654. The van der Waals surface area contributed by atoms with E-state index in [1.54, 1.807) is 0 Å². The molecule has 0 aliphatic rings. The molecule has 0 heterocycles. The lowest BCUT2D eigenvalue weighted by Crippen LogP contribution is -2.39. The van der Waals surface area contributed by atoms with Crippen molar-refractivity contribution in [1.29, 1.82) is 0 Å². The van der Waals surface area contributed by atoms with E-state index in [4.69, 9.17) is 0 Å². The zero-order chi connectivity index (χ0) is 18.7. The summed E-state index contributed by atoms with van der Waals surface area (Å²) in [5.41, 5.74) is 1.80. The first-order chi connectivity index (χ1) is 11.9. The van der Waals surface area contributed by atoms with Crippen molar-refractivity contribution in [2.45, 2.75) is 32.1 Å². The summed E-state index contributed by atoms with van der Waals surface area (Å²) in [4.78, 5) is 6.77. The summed E-state index contributed by atoms with van der Waals surface area (Å²) in [5.74, 6) is 0.857. The molecule has 25 heavy (non-hydrogen) atoms. The number of nitrogens with one attached hydrogen (secondary N) is 2. The zero-order valence-electron chi connectivity index (χ0n) is 15.5. The fraction of sp³-hybridized carbons (Fsp3) is 0.500. The number of hydrogen-bond donors (Lipinski definition) is 2. The van der Waals surface area contributed by atoms with Crippen molar-refractivity contribution in [3.05, 3.63) is 48.0 Å². The molecule has 6 nitrogen and oxygen atoms in total. The molecular formula is C18H30N4O2S. The normalized spacial score (nSPS) is 12.0. The second kappa shape index (κ2) is 10.9. The zero-order valence-corrected chi connectivity index (χ0v) is 16.3. The van der Waals surface area contributed by atoms with Gasteiger partial charge in [0.05, 0.1) is 12.3 Å². The summed E-state index contributed by atoms with van der Waals surface area (Å²) >= 11 is 0. The number of benzene rings is 1. The van der Waals surface area contributed by atoms with Crippen molar-refractivity contribution in [3.8, 4) is 0 Å². The Hall–Kier alpha value is -1.86. The third-order valence-electron chi connectivity index (χ3n) is 3.70. The molecule has 0 unspecified atom stereocenters. The van der Waals surface area contributed by atoms with E-state index in [1.165, 1.54) is 7.05 Å². The largest absolute Gasteiger partial charge is 0.357 e. The van der Waals surface area contributed by atoms with Crippen molar-refractivity contribution in [1.82, 2.24) is 14.9 Å². The van der Waals surface area contributed by atoms with Crippen LogP contribution >= 0.6 is 0 Å². The molecule has 0 saturated heterocycles. The molecule has 1 aromatic rings. The summed E-state index contributed by atoms with van der Waals surface area (Å²) in [6.45, 7) is 8.06. The molecule has 0 fully saturated rings. The number of unbranched alkanes of at least 4 members (excludes halogenated alkanes) is 1. The van der Waals surface area contributed by atoms with Gasteiger partial charge in [-0.2, -0.15) is 0 Å². The Kier molecular flexibility index (Phi) is 9.23. The summed E-state index contributed by atoms with van der Waals surface area (Å²) in [7, 11) is 0.205. The Labute approximate surface area is 152 Å². The third kappa shape index (κ3) is 8.18. The monoisotopic (exact) mass is 366 g/mol. The van der Waals surface area contributed by atoms with Gasteiger partial charge in [-0.1, -0.05) is 30.3 Å². The minimum Gasteiger partial charge on any atom is -0.357 e. The average Bonchev–Trinajstić information content (AvgIpc) is 2.59. The Balaban J connectivity index is 2.70. The number of rotatable bonds is 10. The van der Waals surface area contributed by atoms with Crippen LogP contribution < -0.4 is 10.0 Å². The predicted octanol–water partition coefficient (Wildman–Crippen LogP) is 2.10. The van der Waals surface area contributed by atoms with Crippen LogP contribution in [0.3, 0.4) is 0 Å². The Morgan fingerprint density at radius 2 is 1.92 bits per heavy atom. The molecule has 0 aromatic heterocycles. The van der Waals surface area contributed by atoms with Gasteiger partial charge in [0, 0.05) is 20.1 Å². The Morgan fingerprint density at radius 3 is 2.48 bits per heavy atom. The van der Waals surface area contributed by atoms with Crippen molar-refractivity contribution < 1.29 is 8.42 Å². The quantitative estimate of drug-likeness (QED) is 0.288. The van der Waals surface area contributed by atoms with E-state index in [9.17, 15) is 8.42 Å². The van der Waals surface area contributed by atoms with Crippen LogP contribution in [0.2, 0.25) is 0 Å². The molecule has 0 saturated carbocycles. The molecule has 0 amide bonds. The molecule has 1 aromatic carbocycles. The average molecular weight is 367 g/mol. The lowest BCUT2D eigenvalue weighted by molar-refractivity contribution is 0.470. The molecule has 0 bridgehead atoms. The number of aliphatic imine (C=N–C) groups is 1. The van der Waals surface area contributed by atoms with Gasteiger partial charge in [0.2, 0.25) is 10.0 Å². The van der Waals surface area contributed by atoms with Gasteiger partial charge in [0.15, 0.2) is 5.96 Å². The second-order valence-corrected chi connectivity index (χ2v) is 7.73. The molecule has 7 heteroatoms. The molecule has 0 spiro atoms. The van der Waals surface area contributed by atoms with Crippen LogP contribution in [0.15, 0.2) is 41.9 Å². The van der Waals surface area contributed by atoms with Crippen LogP contribution in [0.1, 0.15) is 30.9 Å². The van der Waals surface area contributed by atoms with Crippen LogP contribution in [-0.2, 0) is 22.3 Å². The van der Waals surface area contributed by atoms with Gasteiger partial charge in [-0.3, -0.25) is 0 Å². The predicted molar refractivity (Wildman–Crippen MR) is 105 cm³/mol. The smallest absolute Gasteiger partial charge is 0.215 e. The highest BCUT2D eigenvalue weighted by atomic mass is 32.2. The van der Waals surface area contributed by atoms with Crippen molar-refractivity contribution in [2.24, 2.45) is 4.99 Å². The van der Waals surface area contributed by atoms with E-state index < -0.39 is 10.0 Å². The van der Waals surface area contributed by atoms with E-state index in [0.29, 0.717) is 6.54 Å². The Morgan fingerprint density at radius 1 is 1.28 bits per heavy atom. The second-order valence-electron chi connectivity index (χ2n) is 5.80. The molecule has 0 aliphatic carbocycles. The lowest BCUT2D eigenvalue weighted by atomic mass is 10.1. The highest BCUT2D eigenvalue weighted by Crippen LogP contribution is 2.09. The van der Waals surface area contributed by atoms with E-state index in [2.05, 4.69) is 26.5 Å². The maximum atomic E-state index is 11.6. The van der Waals surface area contributed by atoms with Gasteiger partial charge in [-0.05, 0) is 37.9 Å². The fourth-order valence-corrected chi connectivity index (χ4v) is 3.02. The molecule has 2 N–H and O–H groups in total. The van der Waals surface area contributed by atoms with E-state index in [0.717, 1.165) is 43.0 Å². The number of hydrogen-bond acceptors (Lipinski definition) is 3. The van der Waals surface area contributed by atoms with E-state index >= 15 is 0 Å². The fourth-order valence-electron chi connectivity index (χ4n) is 2.25. The maximum Gasteiger partial charge on any atom is 0.215 e. The standard InChI is InChI=1S/C18H30N4O2S/c1-5-7-8-13-22(4)18(20-6-2)21-14-16-9-11-17(12-10-16)15-25(23,24)19-3/h5,9-12,19H,1,6-8,13-15H2,2-4H3,(H,20,21). The maximum absolute atomic E-state index is 11.6. The van der Waals surface area contributed by atoms with Crippen molar-refractivity contribution >= 4 is 16.0 Å². The minimum absolute atomic E-state index is 0.0122. The summed E-state index contributed by atoms with van der Waals surface area (Å²) in [5, 5.41) is 3.29. The van der Waals surface area contributed by atoms with Crippen LogP contribution in [0.4, 0.5) is 0 Å². The topological polar surface area (TPSA) is 73.8 Å². The molecule has 0 radical (unpaired) electrons. The van der Waals surface area contributed by atoms with E-state index in [-0.39, 0.29) is 5.75 Å². The van der Waals surface area contributed by atoms with Gasteiger partial charge in [-0.25, -0.2) is 18.1 Å².